The van der Waals surface area contributed by atoms with Crippen molar-refractivity contribution in [1.82, 2.24) is 14.7 Å². The first kappa shape index (κ1) is 29.9. The van der Waals surface area contributed by atoms with E-state index < -0.39 is 5.92 Å². The normalized spacial score (nSPS) is 13.2. The van der Waals surface area contributed by atoms with Gasteiger partial charge in [0.2, 0.25) is 12.3 Å². The van der Waals surface area contributed by atoms with Crippen LogP contribution in [0.4, 0.5) is 14.5 Å². The molecule has 0 unspecified atom stereocenters. The smallest absolute Gasteiger partial charge is 0.246 e. The van der Waals surface area contributed by atoms with Crippen molar-refractivity contribution in [3.63, 3.8) is 0 Å². The number of oxime groups is 1. The summed E-state index contributed by atoms with van der Waals surface area (Å²) < 4.78 is 25.7. The lowest BCUT2D eigenvalue weighted by Gasteiger charge is -2.08. The number of alkyl halides is 2. The molecule has 1 fully saturated rings. The standard InChI is InChI=1S/C20H20N4O3.C5H11F2N.C2H6/c25-8-9-27-23-20(14-4-5-14)16-6-7-24-18(12-21-19(24)11-16)15-2-1-3-17(10-15)22-13-26;1-5(6,7)3-4-8-2;1-2/h1-3,6-7,10-14,25H,4-5,8-9H2,(H,22,26);8H,3-4H2,1-2H3;1-2H3/b23-20-;;. The Bertz CT molecular complexity index is 1140. The number of aliphatic hydroxyl groups excluding tert-OH is 1. The summed E-state index contributed by atoms with van der Waals surface area (Å²) in [5.41, 5.74) is 5.34. The molecule has 0 saturated heterocycles. The summed E-state index contributed by atoms with van der Waals surface area (Å²) >= 11 is 0. The lowest BCUT2D eigenvalue weighted by Crippen LogP contribution is -2.18. The molecule has 1 aromatic carbocycles. The number of carbonyl (C=O) groups excluding carboxylic acids is 1. The fourth-order valence-corrected chi connectivity index (χ4v) is 3.41. The predicted molar refractivity (Wildman–Crippen MR) is 143 cm³/mol. The number of rotatable bonds is 11. The molecule has 0 bridgehead atoms. The third kappa shape index (κ3) is 9.55. The Kier molecular flexibility index (Phi) is 12.1. The number of imidazole rings is 1. The van der Waals surface area contributed by atoms with Crippen molar-refractivity contribution in [2.45, 2.75) is 46.0 Å². The first-order valence-electron chi connectivity index (χ1n) is 12.5. The number of benzene rings is 1. The zero-order valence-electron chi connectivity index (χ0n) is 21.9. The molecular formula is C27H37F2N5O3. The summed E-state index contributed by atoms with van der Waals surface area (Å²) in [6.07, 6.45) is 6.57. The quantitative estimate of drug-likeness (QED) is 0.144. The number of nitrogens with zero attached hydrogens (tertiary/aromatic N) is 3. The van der Waals surface area contributed by atoms with Gasteiger partial charge in [0.05, 0.1) is 24.2 Å². The van der Waals surface area contributed by atoms with Crippen LogP contribution in [0.3, 0.4) is 0 Å². The van der Waals surface area contributed by atoms with Crippen LogP contribution in [0.1, 0.15) is 45.6 Å². The molecule has 0 aliphatic heterocycles. The van der Waals surface area contributed by atoms with E-state index in [0.717, 1.165) is 53.6 Å². The van der Waals surface area contributed by atoms with Gasteiger partial charge in [-0.05, 0) is 51.1 Å². The van der Waals surface area contributed by atoms with Crippen LogP contribution in [0.5, 0.6) is 0 Å². The van der Waals surface area contributed by atoms with Crippen molar-refractivity contribution in [2.24, 2.45) is 11.1 Å². The van der Waals surface area contributed by atoms with Gasteiger partial charge in [-0.15, -0.1) is 0 Å². The first-order chi connectivity index (χ1) is 17.9. The number of hydrogen-bond donors (Lipinski definition) is 3. The molecule has 0 atom stereocenters. The third-order valence-corrected chi connectivity index (χ3v) is 5.32. The van der Waals surface area contributed by atoms with Crippen LogP contribution in [0.15, 0.2) is 53.9 Å². The van der Waals surface area contributed by atoms with E-state index >= 15 is 0 Å². The van der Waals surface area contributed by atoms with E-state index in [1.165, 1.54) is 0 Å². The Morgan fingerprint density at radius 3 is 2.65 bits per heavy atom. The minimum absolute atomic E-state index is 0.0534. The number of fused-ring (bicyclic) bond motifs is 1. The van der Waals surface area contributed by atoms with Gasteiger partial charge < -0.3 is 20.6 Å². The van der Waals surface area contributed by atoms with Gasteiger partial charge in [-0.25, -0.2) is 13.8 Å². The Hall–Kier alpha value is -3.37. The molecule has 3 N–H and O–H groups in total. The lowest BCUT2D eigenvalue weighted by atomic mass is 10.1. The van der Waals surface area contributed by atoms with Crippen LogP contribution < -0.4 is 10.6 Å². The minimum Gasteiger partial charge on any atom is -0.393 e. The molecule has 4 rings (SSSR count). The average molecular weight is 518 g/mol. The first-order valence-corrected chi connectivity index (χ1v) is 12.5. The van der Waals surface area contributed by atoms with E-state index in [9.17, 15) is 13.6 Å². The van der Waals surface area contributed by atoms with Crippen molar-refractivity contribution >= 4 is 23.5 Å². The Balaban J connectivity index is 0.000000414. The highest BCUT2D eigenvalue weighted by atomic mass is 19.3. The molecule has 37 heavy (non-hydrogen) atoms. The van der Waals surface area contributed by atoms with Gasteiger partial charge in [-0.1, -0.05) is 31.1 Å². The Morgan fingerprint density at radius 1 is 1.30 bits per heavy atom. The zero-order valence-corrected chi connectivity index (χ0v) is 21.9. The van der Waals surface area contributed by atoms with Crippen LogP contribution in [-0.2, 0) is 9.63 Å². The minimum atomic E-state index is -2.51. The van der Waals surface area contributed by atoms with E-state index in [4.69, 9.17) is 9.94 Å². The second-order valence-electron chi connectivity index (χ2n) is 8.36. The van der Waals surface area contributed by atoms with E-state index in [2.05, 4.69) is 20.8 Å². The van der Waals surface area contributed by atoms with Gasteiger partial charge in [0.1, 0.15) is 12.3 Å². The van der Waals surface area contributed by atoms with Gasteiger partial charge in [0.15, 0.2) is 0 Å². The number of pyridine rings is 1. The van der Waals surface area contributed by atoms with Gasteiger partial charge in [-0.2, -0.15) is 0 Å². The lowest BCUT2D eigenvalue weighted by molar-refractivity contribution is -0.105. The molecular weight excluding hydrogens is 480 g/mol. The van der Waals surface area contributed by atoms with Gasteiger partial charge >= 0.3 is 0 Å². The maximum Gasteiger partial charge on any atom is 0.246 e. The summed E-state index contributed by atoms with van der Waals surface area (Å²) in [5, 5.41) is 18.4. The molecule has 8 nitrogen and oxygen atoms in total. The number of hydrogen-bond acceptors (Lipinski definition) is 6. The van der Waals surface area contributed by atoms with E-state index in [0.29, 0.717) is 18.9 Å². The van der Waals surface area contributed by atoms with Crippen LogP contribution in [0, 0.1) is 5.92 Å². The highest BCUT2D eigenvalue weighted by molar-refractivity contribution is 6.04. The number of nitrogens with one attached hydrogen (secondary N) is 2. The molecule has 2 aromatic heterocycles. The van der Waals surface area contributed by atoms with E-state index in [1.54, 1.807) is 7.05 Å². The third-order valence-electron chi connectivity index (χ3n) is 5.32. The summed E-state index contributed by atoms with van der Waals surface area (Å²) in [6, 6.07) is 11.6. The number of aliphatic hydroxyl groups is 1. The second kappa shape index (κ2) is 15.0. The summed E-state index contributed by atoms with van der Waals surface area (Å²) in [4.78, 5) is 20.4. The summed E-state index contributed by atoms with van der Waals surface area (Å²) in [5.74, 6) is -2.10. The summed E-state index contributed by atoms with van der Waals surface area (Å²) in [6.45, 7) is 5.44. The number of halogens is 2. The topological polar surface area (TPSA) is 100 Å². The van der Waals surface area contributed by atoms with Gasteiger partial charge in [0.25, 0.3) is 0 Å². The highest BCUT2D eigenvalue weighted by Crippen LogP contribution is 2.34. The number of aromatic nitrogens is 2. The fraction of sp³-hybridized carbons (Fsp3) is 0.444. The van der Waals surface area contributed by atoms with Crippen molar-refractivity contribution in [3.8, 4) is 11.3 Å². The van der Waals surface area contributed by atoms with Crippen molar-refractivity contribution < 1.29 is 23.5 Å². The van der Waals surface area contributed by atoms with Crippen LogP contribution in [-0.4, -0.2) is 59.3 Å². The van der Waals surface area contributed by atoms with E-state index in [-0.39, 0.29) is 19.6 Å². The van der Waals surface area contributed by atoms with Gasteiger partial charge in [0, 0.05) is 41.9 Å². The fourth-order valence-electron chi connectivity index (χ4n) is 3.41. The molecule has 1 amide bonds. The number of carbonyl (C=O) groups is 1. The van der Waals surface area contributed by atoms with Crippen LogP contribution in [0.2, 0.25) is 0 Å². The monoisotopic (exact) mass is 517 g/mol. The van der Waals surface area contributed by atoms with Crippen LogP contribution in [0.25, 0.3) is 16.9 Å². The molecule has 2 heterocycles. The maximum atomic E-state index is 11.9. The molecule has 0 radical (unpaired) electrons. The molecule has 1 saturated carbocycles. The van der Waals surface area contributed by atoms with Crippen molar-refractivity contribution in [3.05, 3.63) is 54.4 Å². The molecule has 10 heteroatoms. The predicted octanol–water partition coefficient (Wildman–Crippen LogP) is 4.97. The Labute approximate surface area is 216 Å². The van der Waals surface area contributed by atoms with Gasteiger partial charge in [-0.3, -0.25) is 9.20 Å². The number of anilines is 1. The average Bonchev–Trinajstić information content (AvgIpc) is 3.65. The zero-order chi connectivity index (χ0) is 27.3. The SMILES string of the molecule is CC.CNCCC(C)(F)F.O=CNc1cccc(-c2cnc3cc(/C(=N\OCCO)C4CC4)ccn23)c1. The van der Waals surface area contributed by atoms with Crippen molar-refractivity contribution in [2.75, 3.05) is 32.1 Å². The molecule has 1 aliphatic carbocycles. The molecule has 3 aromatic rings. The van der Waals surface area contributed by atoms with Crippen molar-refractivity contribution in [1.29, 1.82) is 0 Å². The molecule has 0 spiro atoms. The molecule has 1 aliphatic rings. The largest absolute Gasteiger partial charge is 0.393 e. The summed E-state index contributed by atoms with van der Waals surface area (Å²) in [7, 11) is 1.66. The maximum absolute atomic E-state index is 11.9. The molecule has 202 valence electrons. The van der Waals surface area contributed by atoms with Crippen LogP contribution >= 0.6 is 0 Å². The highest BCUT2D eigenvalue weighted by Gasteiger charge is 2.29. The van der Waals surface area contributed by atoms with E-state index in [1.807, 2.05) is 67.0 Å². The Morgan fingerprint density at radius 2 is 2.05 bits per heavy atom. The second-order valence-corrected chi connectivity index (χ2v) is 8.36. The number of amides is 1.